The van der Waals surface area contributed by atoms with Gasteiger partial charge in [0.05, 0.1) is 10.7 Å². The predicted molar refractivity (Wildman–Crippen MR) is 45.3 cm³/mol. The Morgan fingerprint density at radius 3 is 2.60 bits per heavy atom. The van der Waals surface area contributed by atoms with E-state index in [9.17, 15) is 0 Å². The molecule has 0 unspecified atom stereocenters. The number of pyridine rings is 1. The molecule has 0 aliphatic carbocycles. The van der Waals surface area contributed by atoms with E-state index in [1.807, 2.05) is 13.8 Å². The summed E-state index contributed by atoms with van der Waals surface area (Å²) in [6.07, 6.45) is 0. The van der Waals surface area contributed by atoms with Gasteiger partial charge in [0.2, 0.25) is 0 Å². The predicted octanol–water partition coefficient (Wildman–Crippen LogP) is 2.91. The van der Waals surface area contributed by atoms with Gasteiger partial charge in [-0.2, -0.15) is 0 Å². The van der Waals surface area contributed by atoms with E-state index in [4.69, 9.17) is 11.6 Å². The molecule has 53 valence electrons. The number of aromatic nitrogens is 1. The van der Waals surface area contributed by atoms with Gasteiger partial charge < -0.3 is 0 Å². The van der Waals surface area contributed by atoms with Gasteiger partial charge in [-0.15, -0.1) is 0 Å². The third-order valence-corrected chi connectivity index (χ3v) is 2.14. The lowest BCUT2D eigenvalue weighted by Gasteiger charge is -1.99. The summed E-state index contributed by atoms with van der Waals surface area (Å²) in [4.78, 5) is 4.06. The molecule has 0 aliphatic rings. The van der Waals surface area contributed by atoms with E-state index in [0.717, 1.165) is 11.3 Å². The lowest BCUT2D eigenvalue weighted by molar-refractivity contribution is 1.14. The summed E-state index contributed by atoms with van der Waals surface area (Å²) in [5, 5.41) is 0.697. The van der Waals surface area contributed by atoms with Gasteiger partial charge in [-0.1, -0.05) is 11.6 Å². The zero-order valence-corrected chi connectivity index (χ0v) is 8.05. The van der Waals surface area contributed by atoms with E-state index in [1.165, 1.54) is 0 Å². The highest BCUT2D eigenvalue weighted by Gasteiger charge is 2.01. The molecule has 0 aliphatic heterocycles. The van der Waals surface area contributed by atoms with Gasteiger partial charge in [-0.3, -0.25) is 0 Å². The van der Waals surface area contributed by atoms with Gasteiger partial charge >= 0.3 is 0 Å². The third kappa shape index (κ3) is 1.50. The molecule has 0 bridgehead atoms. The monoisotopic (exact) mass is 218 g/mol. The van der Waals surface area contributed by atoms with Crippen LogP contribution in [-0.4, -0.2) is 4.98 Å². The van der Waals surface area contributed by atoms with E-state index in [2.05, 4.69) is 27.0 Å². The molecule has 1 radical (unpaired) electrons. The molecule has 0 saturated heterocycles. The van der Waals surface area contributed by atoms with Crippen LogP contribution in [0.25, 0.3) is 0 Å². The maximum absolute atomic E-state index is 5.84. The molecule has 1 rings (SSSR count). The molecule has 0 atom stereocenters. The van der Waals surface area contributed by atoms with E-state index in [1.54, 1.807) is 0 Å². The fourth-order valence-electron chi connectivity index (χ4n) is 0.705. The first-order chi connectivity index (χ1) is 4.61. The summed E-state index contributed by atoms with van der Waals surface area (Å²) >= 11 is 9.06. The smallest absolute Gasteiger partial charge is 0.114 e. The molecular formula is C7H6BrClN. The van der Waals surface area contributed by atoms with Crippen LogP contribution < -0.4 is 0 Å². The van der Waals surface area contributed by atoms with Crippen molar-refractivity contribution < 1.29 is 0 Å². The average molecular weight is 219 g/mol. The normalized spacial score (nSPS) is 10.0. The van der Waals surface area contributed by atoms with Crippen molar-refractivity contribution in [3.05, 3.63) is 26.9 Å². The Hall–Kier alpha value is -0.0800. The SMILES string of the molecule is Cc1[c]c(Br)nc(C)c1Cl. The molecule has 0 N–H and O–H groups in total. The van der Waals surface area contributed by atoms with Crippen molar-refractivity contribution in [2.75, 3.05) is 0 Å². The van der Waals surface area contributed by atoms with Crippen LogP contribution in [0.2, 0.25) is 5.02 Å². The first kappa shape index (κ1) is 8.02. The summed E-state index contributed by atoms with van der Waals surface area (Å²) in [7, 11) is 0. The Bertz CT molecular complexity index is 237. The maximum Gasteiger partial charge on any atom is 0.114 e. The van der Waals surface area contributed by atoms with E-state index in [0.29, 0.717) is 9.63 Å². The van der Waals surface area contributed by atoms with Crippen LogP contribution in [-0.2, 0) is 0 Å². The summed E-state index contributed by atoms with van der Waals surface area (Å²) in [5.74, 6) is 0. The minimum atomic E-state index is 0.697. The van der Waals surface area contributed by atoms with Crippen LogP contribution in [0, 0.1) is 19.9 Å². The highest BCUT2D eigenvalue weighted by Crippen LogP contribution is 2.20. The van der Waals surface area contributed by atoms with Gasteiger partial charge in [-0.25, -0.2) is 4.98 Å². The number of rotatable bonds is 0. The van der Waals surface area contributed by atoms with Gasteiger partial charge in [0, 0.05) is 6.07 Å². The zero-order chi connectivity index (χ0) is 7.72. The summed E-state index contributed by atoms with van der Waals surface area (Å²) in [5.41, 5.74) is 1.77. The average Bonchev–Trinajstić information content (AvgIpc) is 1.82. The minimum Gasteiger partial charge on any atom is -0.244 e. The third-order valence-electron chi connectivity index (χ3n) is 1.20. The van der Waals surface area contributed by atoms with Crippen LogP contribution in [0.4, 0.5) is 0 Å². The van der Waals surface area contributed by atoms with Crippen LogP contribution in [0.15, 0.2) is 4.60 Å². The largest absolute Gasteiger partial charge is 0.244 e. The molecule has 1 aromatic rings. The second-order valence-electron chi connectivity index (χ2n) is 2.05. The summed E-state index contributed by atoms with van der Waals surface area (Å²) in [6, 6.07) is 2.95. The molecule has 0 aromatic carbocycles. The topological polar surface area (TPSA) is 12.9 Å². The molecule has 1 aromatic heterocycles. The van der Waals surface area contributed by atoms with Crippen molar-refractivity contribution in [2.45, 2.75) is 13.8 Å². The molecular weight excluding hydrogens is 213 g/mol. The zero-order valence-electron chi connectivity index (χ0n) is 5.70. The first-order valence-corrected chi connectivity index (χ1v) is 4.00. The van der Waals surface area contributed by atoms with Gasteiger partial charge in [0.15, 0.2) is 0 Å². The number of halogens is 2. The Balaban J connectivity index is 3.31. The van der Waals surface area contributed by atoms with E-state index >= 15 is 0 Å². The molecule has 1 nitrogen and oxygen atoms in total. The molecule has 10 heavy (non-hydrogen) atoms. The minimum absolute atomic E-state index is 0.697. The quantitative estimate of drug-likeness (QED) is 0.612. The van der Waals surface area contributed by atoms with Gasteiger partial charge in [0.25, 0.3) is 0 Å². The van der Waals surface area contributed by atoms with Crippen molar-refractivity contribution in [3.63, 3.8) is 0 Å². The van der Waals surface area contributed by atoms with Crippen molar-refractivity contribution in [1.29, 1.82) is 0 Å². The van der Waals surface area contributed by atoms with Crippen molar-refractivity contribution in [3.8, 4) is 0 Å². The molecule has 0 amide bonds. The Labute approximate surface area is 73.6 Å². The maximum atomic E-state index is 5.84. The second kappa shape index (κ2) is 2.89. The Morgan fingerprint density at radius 1 is 1.50 bits per heavy atom. The molecule has 0 saturated carbocycles. The van der Waals surface area contributed by atoms with Crippen LogP contribution in [0.3, 0.4) is 0 Å². The standard InChI is InChI=1S/C7H6BrClN/c1-4-3-6(8)10-5(2)7(4)9/h1-2H3. The van der Waals surface area contributed by atoms with Gasteiger partial charge in [-0.05, 0) is 35.3 Å². The van der Waals surface area contributed by atoms with Crippen LogP contribution >= 0.6 is 27.5 Å². The number of nitrogens with zero attached hydrogens (tertiary/aromatic N) is 1. The lowest BCUT2D eigenvalue weighted by Crippen LogP contribution is -1.87. The fourth-order valence-corrected chi connectivity index (χ4v) is 1.36. The number of hydrogen-bond donors (Lipinski definition) is 0. The van der Waals surface area contributed by atoms with Crippen molar-refractivity contribution in [1.82, 2.24) is 4.98 Å². The number of aryl methyl sites for hydroxylation is 2. The Kier molecular flexibility index (Phi) is 2.32. The molecule has 0 spiro atoms. The summed E-state index contributed by atoms with van der Waals surface area (Å²) < 4.78 is 0.715. The van der Waals surface area contributed by atoms with E-state index < -0.39 is 0 Å². The fraction of sp³-hybridized carbons (Fsp3) is 0.286. The van der Waals surface area contributed by atoms with Crippen LogP contribution in [0.1, 0.15) is 11.3 Å². The first-order valence-electron chi connectivity index (χ1n) is 2.83. The second-order valence-corrected chi connectivity index (χ2v) is 3.18. The van der Waals surface area contributed by atoms with Crippen molar-refractivity contribution >= 4 is 27.5 Å². The molecule has 3 heteroatoms. The molecule has 1 heterocycles. The highest BCUT2D eigenvalue weighted by atomic mass is 79.9. The van der Waals surface area contributed by atoms with Crippen molar-refractivity contribution in [2.24, 2.45) is 0 Å². The van der Waals surface area contributed by atoms with Gasteiger partial charge in [0.1, 0.15) is 4.60 Å². The Morgan fingerprint density at radius 2 is 2.10 bits per heavy atom. The highest BCUT2D eigenvalue weighted by molar-refractivity contribution is 9.10. The lowest BCUT2D eigenvalue weighted by atomic mass is 10.2. The number of hydrogen-bond acceptors (Lipinski definition) is 1. The van der Waals surface area contributed by atoms with E-state index in [-0.39, 0.29) is 0 Å². The molecule has 0 fully saturated rings. The summed E-state index contributed by atoms with van der Waals surface area (Å²) in [6.45, 7) is 3.77. The van der Waals surface area contributed by atoms with Crippen LogP contribution in [0.5, 0.6) is 0 Å².